The number of ether oxygens (including phenoxy) is 2. The van der Waals surface area contributed by atoms with E-state index >= 15 is 0 Å². The third kappa shape index (κ3) is 31.0. The van der Waals surface area contributed by atoms with Gasteiger partial charge in [0.1, 0.15) is 12.2 Å². The number of allylic oxidation sites excluding steroid dienone is 2. The molecule has 0 aromatic carbocycles. The molecule has 3 atom stereocenters. The van der Waals surface area contributed by atoms with Gasteiger partial charge in [0.15, 0.2) is 0 Å². The Labute approximate surface area is 262 Å². The highest BCUT2D eigenvalue weighted by molar-refractivity contribution is 7.47. The number of carbonyl (C=O) groups excluding carboxylic acids is 1. The number of aliphatic hydroxyl groups excluding tert-OH is 2. The van der Waals surface area contributed by atoms with Crippen LogP contribution in [0.4, 0.5) is 0 Å². The van der Waals surface area contributed by atoms with Crippen molar-refractivity contribution >= 4 is 13.8 Å². The Kier molecular flexibility index (Phi) is 30.6. The molecule has 0 rings (SSSR count). The van der Waals surface area contributed by atoms with Gasteiger partial charge >= 0.3 is 13.8 Å². The minimum absolute atomic E-state index is 0.0497. The van der Waals surface area contributed by atoms with Crippen molar-refractivity contribution in [2.24, 2.45) is 0 Å². The predicted molar refractivity (Wildman–Crippen MR) is 173 cm³/mol. The van der Waals surface area contributed by atoms with Gasteiger partial charge in [-0.3, -0.25) is 13.8 Å². The number of carbonyl (C=O) groups is 1. The smallest absolute Gasteiger partial charge is 0.457 e. The molecule has 0 aromatic rings. The van der Waals surface area contributed by atoms with E-state index in [0.717, 1.165) is 57.8 Å². The molecular weight excluding hydrogens is 571 g/mol. The zero-order chi connectivity index (χ0) is 31.9. The number of hydrogen-bond donors (Lipinski definition) is 3. The number of esters is 1. The summed E-state index contributed by atoms with van der Waals surface area (Å²) in [6, 6.07) is 0. The van der Waals surface area contributed by atoms with Gasteiger partial charge in [0, 0.05) is 13.0 Å². The molecule has 9 nitrogen and oxygen atoms in total. The number of phosphoric ester groups is 1. The fourth-order valence-corrected chi connectivity index (χ4v) is 5.31. The van der Waals surface area contributed by atoms with Crippen molar-refractivity contribution in [2.45, 2.75) is 161 Å². The second-order valence-electron chi connectivity index (χ2n) is 11.5. The van der Waals surface area contributed by atoms with Crippen molar-refractivity contribution in [1.29, 1.82) is 0 Å². The molecule has 10 heteroatoms. The van der Waals surface area contributed by atoms with Crippen LogP contribution in [-0.2, 0) is 27.9 Å². The summed E-state index contributed by atoms with van der Waals surface area (Å²) >= 11 is 0. The second kappa shape index (κ2) is 31.2. The first-order valence-electron chi connectivity index (χ1n) is 17.2. The Morgan fingerprint density at radius 3 is 1.77 bits per heavy atom. The van der Waals surface area contributed by atoms with Crippen LogP contribution >= 0.6 is 7.82 Å². The van der Waals surface area contributed by atoms with Gasteiger partial charge in [-0.25, -0.2) is 4.57 Å². The fraction of sp³-hybridized carbons (Fsp3) is 0.909. The molecule has 3 unspecified atom stereocenters. The third-order valence-electron chi connectivity index (χ3n) is 7.20. The summed E-state index contributed by atoms with van der Waals surface area (Å²) in [6.45, 7) is 3.46. The summed E-state index contributed by atoms with van der Waals surface area (Å²) in [6.07, 6.45) is 26.0. The van der Waals surface area contributed by atoms with Crippen LogP contribution in [0.1, 0.15) is 149 Å². The van der Waals surface area contributed by atoms with Gasteiger partial charge in [0.2, 0.25) is 0 Å². The number of aliphatic hydroxyl groups is 2. The van der Waals surface area contributed by atoms with Crippen molar-refractivity contribution in [3.8, 4) is 0 Å². The van der Waals surface area contributed by atoms with Gasteiger partial charge in [0.25, 0.3) is 0 Å². The van der Waals surface area contributed by atoms with Crippen molar-refractivity contribution in [3.05, 3.63) is 12.2 Å². The van der Waals surface area contributed by atoms with E-state index in [4.69, 9.17) is 23.6 Å². The van der Waals surface area contributed by atoms with Crippen LogP contribution in [0.25, 0.3) is 0 Å². The van der Waals surface area contributed by atoms with Crippen LogP contribution in [0.5, 0.6) is 0 Å². The van der Waals surface area contributed by atoms with Crippen LogP contribution in [0.3, 0.4) is 0 Å². The first kappa shape index (κ1) is 42.2. The Bertz CT molecular complexity index is 689. The minimum atomic E-state index is -4.50. The van der Waals surface area contributed by atoms with Gasteiger partial charge in [-0.1, -0.05) is 116 Å². The Hall–Kier alpha value is -0.800. The fourth-order valence-electron chi connectivity index (χ4n) is 4.52. The average Bonchev–Trinajstić information content (AvgIpc) is 2.99. The molecule has 0 saturated carbocycles. The highest BCUT2D eigenvalue weighted by atomic mass is 31.2. The van der Waals surface area contributed by atoms with Gasteiger partial charge < -0.3 is 24.6 Å². The van der Waals surface area contributed by atoms with E-state index in [-0.39, 0.29) is 19.6 Å². The largest absolute Gasteiger partial charge is 0.472 e. The standard InChI is InChI=1S/C33H65O9P/c1-3-5-7-9-11-13-14-15-16-17-19-21-23-25-33(36)42-32(30-41-43(37,38)40-28-31(35)27-34)29-39-26-24-22-20-18-12-10-8-6-4-2/h13-14,31-32,34-35H,3-12,15-30H2,1-2H3,(H,37,38)/b14-13-. The lowest BCUT2D eigenvalue weighted by Gasteiger charge is -2.20. The number of phosphoric acid groups is 1. The summed E-state index contributed by atoms with van der Waals surface area (Å²) < 4.78 is 33.0. The molecule has 0 fully saturated rings. The molecule has 0 aliphatic rings. The highest BCUT2D eigenvalue weighted by Gasteiger charge is 2.26. The molecular formula is C33H65O9P. The molecule has 0 aliphatic carbocycles. The summed E-state index contributed by atoms with van der Waals surface area (Å²) in [7, 11) is -4.50. The van der Waals surface area contributed by atoms with Crippen molar-refractivity contribution in [1.82, 2.24) is 0 Å². The van der Waals surface area contributed by atoms with Crippen molar-refractivity contribution in [2.75, 3.05) is 33.0 Å². The topological polar surface area (TPSA) is 132 Å². The van der Waals surface area contributed by atoms with E-state index < -0.39 is 39.2 Å². The SMILES string of the molecule is CCCCCC/C=C\CCCCCCCC(=O)OC(COCCCCCCCCCCC)COP(=O)(O)OCC(O)CO. The predicted octanol–water partition coefficient (Wildman–Crippen LogP) is 8.19. The van der Waals surface area contributed by atoms with E-state index in [0.29, 0.717) is 6.61 Å². The maximum Gasteiger partial charge on any atom is 0.472 e. The first-order chi connectivity index (χ1) is 20.8. The summed E-state index contributed by atoms with van der Waals surface area (Å²) in [5, 5.41) is 18.2. The van der Waals surface area contributed by atoms with E-state index in [9.17, 15) is 19.4 Å². The van der Waals surface area contributed by atoms with Crippen LogP contribution in [0, 0.1) is 0 Å². The molecule has 3 N–H and O–H groups in total. The molecule has 256 valence electrons. The normalized spacial score (nSPS) is 14.6. The average molecular weight is 637 g/mol. The minimum Gasteiger partial charge on any atom is -0.457 e. The Morgan fingerprint density at radius 2 is 1.19 bits per heavy atom. The number of hydrogen-bond acceptors (Lipinski definition) is 8. The first-order valence-corrected chi connectivity index (χ1v) is 18.7. The summed E-state index contributed by atoms with van der Waals surface area (Å²) in [4.78, 5) is 22.3. The van der Waals surface area contributed by atoms with Gasteiger partial charge in [-0.05, 0) is 38.5 Å². The Balaban J connectivity index is 4.28. The van der Waals surface area contributed by atoms with Crippen LogP contribution in [0.2, 0.25) is 0 Å². The molecule has 0 radical (unpaired) electrons. The molecule has 0 amide bonds. The van der Waals surface area contributed by atoms with E-state index in [1.165, 1.54) is 70.6 Å². The van der Waals surface area contributed by atoms with E-state index in [2.05, 4.69) is 26.0 Å². The lowest BCUT2D eigenvalue weighted by molar-refractivity contribution is -0.154. The molecule has 0 aromatic heterocycles. The van der Waals surface area contributed by atoms with E-state index in [1.54, 1.807) is 0 Å². The zero-order valence-electron chi connectivity index (χ0n) is 27.4. The molecule has 43 heavy (non-hydrogen) atoms. The highest BCUT2D eigenvalue weighted by Crippen LogP contribution is 2.43. The van der Waals surface area contributed by atoms with Crippen LogP contribution in [-0.4, -0.2) is 66.3 Å². The Morgan fingerprint density at radius 1 is 0.698 bits per heavy atom. The number of rotatable bonds is 33. The molecule has 0 spiro atoms. The molecule has 0 heterocycles. The van der Waals surface area contributed by atoms with Crippen molar-refractivity contribution in [3.63, 3.8) is 0 Å². The van der Waals surface area contributed by atoms with Gasteiger partial charge in [-0.15, -0.1) is 0 Å². The molecule has 0 saturated heterocycles. The maximum atomic E-state index is 12.5. The molecule has 0 aliphatic heterocycles. The van der Waals surface area contributed by atoms with Crippen molar-refractivity contribution < 1.29 is 43.0 Å². The van der Waals surface area contributed by atoms with Gasteiger partial charge in [0.05, 0.1) is 26.4 Å². The second-order valence-corrected chi connectivity index (χ2v) is 13.0. The summed E-state index contributed by atoms with van der Waals surface area (Å²) in [5.41, 5.74) is 0. The molecule has 0 bridgehead atoms. The quantitative estimate of drug-likeness (QED) is 0.0282. The summed E-state index contributed by atoms with van der Waals surface area (Å²) in [5.74, 6) is -0.393. The van der Waals surface area contributed by atoms with Gasteiger partial charge in [-0.2, -0.15) is 0 Å². The zero-order valence-corrected chi connectivity index (χ0v) is 28.3. The lowest BCUT2D eigenvalue weighted by atomic mass is 10.1. The third-order valence-corrected chi connectivity index (χ3v) is 8.15. The lowest BCUT2D eigenvalue weighted by Crippen LogP contribution is -2.29. The van der Waals surface area contributed by atoms with Crippen LogP contribution < -0.4 is 0 Å². The maximum absolute atomic E-state index is 12.5. The van der Waals surface area contributed by atoms with E-state index in [1.807, 2.05) is 0 Å². The number of unbranched alkanes of at least 4 members (excludes halogenated alkanes) is 17. The monoisotopic (exact) mass is 636 g/mol. The van der Waals surface area contributed by atoms with Crippen LogP contribution in [0.15, 0.2) is 12.2 Å².